The molecule has 1 aromatic rings. The van der Waals surface area contributed by atoms with Crippen LogP contribution in [-0.4, -0.2) is 36.9 Å². The van der Waals surface area contributed by atoms with E-state index in [0.29, 0.717) is 6.04 Å². The van der Waals surface area contributed by atoms with E-state index in [2.05, 4.69) is 15.5 Å². The van der Waals surface area contributed by atoms with E-state index in [1.165, 1.54) is 12.8 Å². The number of nitrogens with zero attached hydrogens (tertiary/aromatic N) is 2. The summed E-state index contributed by atoms with van der Waals surface area (Å²) in [6.07, 6.45) is 5.25. The van der Waals surface area contributed by atoms with Crippen LogP contribution < -0.4 is 5.32 Å². The van der Waals surface area contributed by atoms with Crippen LogP contribution in [0.4, 0.5) is 0 Å². The molecule has 1 atom stereocenters. The van der Waals surface area contributed by atoms with Crippen molar-refractivity contribution in [3.05, 3.63) is 11.7 Å². The highest BCUT2D eigenvalue weighted by molar-refractivity contribution is 4.94. The smallest absolute Gasteiger partial charge is 0.228 e. The number of hydrogen-bond acceptors (Lipinski definition) is 5. The third-order valence-electron chi connectivity index (χ3n) is 3.22. The van der Waals surface area contributed by atoms with Crippen LogP contribution in [0.5, 0.6) is 0 Å². The number of likely N-dealkylation sites (N-methyl/N-ethyl adjacent to an activating group) is 1. The molecule has 1 aliphatic rings. The molecule has 0 amide bonds. The summed E-state index contributed by atoms with van der Waals surface area (Å²) in [5.74, 6) is 2.34. The van der Waals surface area contributed by atoms with Crippen LogP contribution >= 0.6 is 0 Å². The minimum absolute atomic E-state index is 0.488. The maximum absolute atomic E-state index is 5.26. The Balaban J connectivity index is 1.80. The molecule has 96 valence electrons. The Morgan fingerprint density at radius 2 is 2.35 bits per heavy atom. The average Bonchev–Trinajstić information content (AvgIpc) is 3.08. The number of nitrogens with one attached hydrogen (secondary N) is 1. The lowest BCUT2D eigenvalue weighted by Crippen LogP contribution is -2.29. The van der Waals surface area contributed by atoms with E-state index < -0.39 is 0 Å². The first-order chi connectivity index (χ1) is 8.33. The summed E-state index contributed by atoms with van der Waals surface area (Å²) in [5.41, 5.74) is 0. The molecule has 17 heavy (non-hydrogen) atoms. The van der Waals surface area contributed by atoms with Gasteiger partial charge in [-0.1, -0.05) is 5.16 Å². The van der Waals surface area contributed by atoms with Gasteiger partial charge in [0.1, 0.15) is 0 Å². The summed E-state index contributed by atoms with van der Waals surface area (Å²) in [6, 6.07) is 0.488. The first kappa shape index (κ1) is 12.5. The van der Waals surface area contributed by atoms with Crippen LogP contribution in [-0.2, 0) is 17.6 Å². The topological polar surface area (TPSA) is 60.2 Å². The van der Waals surface area contributed by atoms with E-state index in [9.17, 15) is 0 Å². The van der Waals surface area contributed by atoms with Crippen molar-refractivity contribution in [3.63, 3.8) is 0 Å². The second-order valence-electron chi connectivity index (χ2n) is 4.64. The van der Waals surface area contributed by atoms with Crippen molar-refractivity contribution in [1.82, 2.24) is 15.5 Å². The Bertz CT molecular complexity index is 336. The zero-order chi connectivity index (χ0) is 12.1. The van der Waals surface area contributed by atoms with Crippen molar-refractivity contribution in [1.29, 1.82) is 0 Å². The van der Waals surface area contributed by atoms with Crippen LogP contribution in [0.1, 0.15) is 31.0 Å². The summed E-state index contributed by atoms with van der Waals surface area (Å²) in [5, 5.41) is 7.31. The summed E-state index contributed by atoms with van der Waals surface area (Å²) < 4.78 is 10.3. The molecule has 1 aromatic heterocycles. The molecule has 0 radical (unpaired) electrons. The van der Waals surface area contributed by atoms with Crippen molar-refractivity contribution >= 4 is 0 Å². The summed E-state index contributed by atoms with van der Waals surface area (Å²) in [6.45, 7) is 0.741. The van der Waals surface area contributed by atoms with Gasteiger partial charge < -0.3 is 14.6 Å². The number of aromatic nitrogens is 2. The molecule has 2 rings (SSSR count). The van der Waals surface area contributed by atoms with E-state index in [1.807, 2.05) is 7.05 Å². The van der Waals surface area contributed by atoms with Gasteiger partial charge >= 0.3 is 0 Å². The summed E-state index contributed by atoms with van der Waals surface area (Å²) in [7, 11) is 3.70. The highest BCUT2D eigenvalue weighted by Crippen LogP contribution is 2.33. The van der Waals surface area contributed by atoms with Gasteiger partial charge in [-0.15, -0.1) is 0 Å². The van der Waals surface area contributed by atoms with E-state index in [1.54, 1.807) is 7.11 Å². The lowest BCUT2D eigenvalue weighted by molar-refractivity contribution is 0.194. The van der Waals surface area contributed by atoms with Crippen LogP contribution in [0.2, 0.25) is 0 Å². The fourth-order valence-electron chi connectivity index (χ4n) is 2.04. The molecule has 1 fully saturated rings. The minimum atomic E-state index is 0.488. The second kappa shape index (κ2) is 6.12. The van der Waals surface area contributed by atoms with Crippen LogP contribution in [0, 0.1) is 5.92 Å². The van der Waals surface area contributed by atoms with E-state index in [4.69, 9.17) is 9.26 Å². The third-order valence-corrected chi connectivity index (χ3v) is 3.22. The van der Waals surface area contributed by atoms with Gasteiger partial charge in [0.2, 0.25) is 5.89 Å². The molecule has 1 saturated carbocycles. The van der Waals surface area contributed by atoms with Crippen molar-refractivity contribution in [2.75, 3.05) is 20.8 Å². The van der Waals surface area contributed by atoms with Crippen molar-refractivity contribution in [2.45, 2.75) is 38.1 Å². The number of hydrogen-bond donors (Lipinski definition) is 1. The quantitative estimate of drug-likeness (QED) is 0.690. The van der Waals surface area contributed by atoms with Crippen molar-refractivity contribution in [3.8, 4) is 0 Å². The molecule has 5 nitrogen and oxygen atoms in total. The minimum Gasteiger partial charge on any atom is -0.385 e. The normalized spacial score (nSPS) is 17.3. The molecule has 1 N–H and O–H groups in total. The van der Waals surface area contributed by atoms with E-state index in [0.717, 1.165) is 43.5 Å². The zero-order valence-electron chi connectivity index (χ0n) is 10.6. The SMILES string of the molecule is CNC(Cc1nc(CCCOC)no1)C1CC1. The standard InChI is InChI=1S/C12H21N3O2/c1-13-10(9-5-6-9)8-12-14-11(15-17-12)4-3-7-16-2/h9-10,13H,3-8H2,1-2H3. The second-order valence-corrected chi connectivity index (χ2v) is 4.64. The average molecular weight is 239 g/mol. The van der Waals surface area contributed by atoms with E-state index in [-0.39, 0.29) is 0 Å². The predicted molar refractivity (Wildman–Crippen MR) is 63.8 cm³/mol. The number of aryl methyl sites for hydroxylation is 1. The van der Waals surface area contributed by atoms with Gasteiger partial charge in [0, 0.05) is 32.6 Å². The Labute approximate surface area is 102 Å². The molecule has 1 heterocycles. The van der Waals surface area contributed by atoms with Gasteiger partial charge in [0.25, 0.3) is 0 Å². The summed E-state index contributed by atoms with van der Waals surface area (Å²) in [4.78, 5) is 4.41. The Kier molecular flexibility index (Phi) is 4.50. The highest BCUT2D eigenvalue weighted by Gasteiger charge is 2.31. The first-order valence-corrected chi connectivity index (χ1v) is 6.31. The third kappa shape index (κ3) is 3.78. The number of ether oxygens (including phenoxy) is 1. The Morgan fingerprint density at radius 3 is 3.00 bits per heavy atom. The van der Waals surface area contributed by atoms with Gasteiger partial charge in [-0.2, -0.15) is 4.98 Å². The molecule has 0 saturated heterocycles. The maximum Gasteiger partial charge on any atom is 0.228 e. The van der Waals surface area contributed by atoms with Gasteiger partial charge in [-0.25, -0.2) is 0 Å². The molecule has 5 heteroatoms. The zero-order valence-corrected chi connectivity index (χ0v) is 10.6. The first-order valence-electron chi connectivity index (χ1n) is 6.31. The van der Waals surface area contributed by atoms with Gasteiger partial charge in [-0.05, 0) is 32.2 Å². The maximum atomic E-state index is 5.26. The number of rotatable bonds is 8. The van der Waals surface area contributed by atoms with Crippen LogP contribution in [0.25, 0.3) is 0 Å². The lowest BCUT2D eigenvalue weighted by atomic mass is 10.1. The van der Waals surface area contributed by atoms with Gasteiger partial charge in [0.05, 0.1) is 0 Å². The molecular weight excluding hydrogens is 218 g/mol. The molecule has 1 aliphatic carbocycles. The number of methoxy groups -OCH3 is 1. The Hall–Kier alpha value is -0.940. The highest BCUT2D eigenvalue weighted by atomic mass is 16.5. The summed E-state index contributed by atoms with van der Waals surface area (Å²) >= 11 is 0. The van der Waals surface area contributed by atoms with Crippen molar-refractivity contribution < 1.29 is 9.26 Å². The molecule has 0 spiro atoms. The molecular formula is C12H21N3O2. The Morgan fingerprint density at radius 1 is 1.53 bits per heavy atom. The van der Waals surface area contributed by atoms with Crippen LogP contribution in [0.15, 0.2) is 4.52 Å². The van der Waals surface area contributed by atoms with Crippen LogP contribution in [0.3, 0.4) is 0 Å². The van der Waals surface area contributed by atoms with Gasteiger partial charge in [-0.3, -0.25) is 0 Å². The molecule has 0 aromatic carbocycles. The molecule has 0 aliphatic heterocycles. The fourth-order valence-corrected chi connectivity index (χ4v) is 2.04. The molecule has 1 unspecified atom stereocenters. The van der Waals surface area contributed by atoms with Crippen molar-refractivity contribution in [2.24, 2.45) is 5.92 Å². The monoisotopic (exact) mass is 239 g/mol. The predicted octanol–water partition coefficient (Wildman–Crippen LogP) is 1.19. The molecule has 0 bridgehead atoms. The fraction of sp³-hybridized carbons (Fsp3) is 0.833. The largest absolute Gasteiger partial charge is 0.385 e. The lowest BCUT2D eigenvalue weighted by Gasteiger charge is -2.11. The van der Waals surface area contributed by atoms with Gasteiger partial charge in [0.15, 0.2) is 5.82 Å². The van der Waals surface area contributed by atoms with E-state index >= 15 is 0 Å².